The second-order valence-corrected chi connectivity index (χ2v) is 10.4. The van der Waals surface area contributed by atoms with E-state index in [1.54, 1.807) is 19.2 Å². The number of terminal acetylenes is 1. The number of aromatic nitrogens is 2. The maximum Gasteiger partial charge on any atom is 0.318 e. The Bertz CT molecular complexity index is 1640. The number of piperazine rings is 1. The molecule has 3 aromatic carbocycles. The van der Waals surface area contributed by atoms with E-state index in [9.17, 15) is 5.11 Å². The molecule has 8 heteroatoms. The van der Waals surface area contributed by atoms with Gasteiger partial charge in [-0.2, -0.15) is 9.97 Å². The zero-order valence-corrected chi connectivity index (χ0v) is 20.6. The molecule has 3 saturated heterocycles. The van der Waals surface area contributed by atoms with Gasteiger partial charge in [0.05, 0.1) is 29.1 Å². The molecule has 3 unspecified atom stereocenters. The average Bonchev–Trinajstić information content (AvgIpc) is 3.02. The summed E-state index contributed by atoms with van der Waals surface area (Å²) in [5, 5.41) is 17.1. The minimum atomic E-state index is 0.0337. The molecule has 0 saturated carbocycles. The van der Waals surface area contributed by atoms with Gasteiger partial charge in [-0.05, 0) is 48.6 Å². The summed E-state index contributed by atoms with van der Waals surface area (Å²) in [6, 6.07) is 11.6. The first-order valence-electron chi connectivity index (χ1n) is 11.9. The molecular formula is C28H23ClN4O3. The number of rotatable bonds is 2. The molecule has 8 rings (SSSR count). The maximum absolute atomic E-state index is 10.6. The molecule has 5 heterocycles. The fraction of sp³-hybridized carbons (Fsp3) is 0.286. The van der Waals surface area contributed by atoms with Crippen molar-refractivity contribution in [2.75, 3.05) is 25.2 Å². The number of halogens is 1. The van der Waals surface area contributed by atoms with E-state index in [4.69, 9.17) is 32.5 Å². The predicted octanol–water partition coefficient (Wildman–Crippen LogP) is 4.50. The number of hydrogen-bond acceptors (Lipinski definition) is 7. The summed E-state index contributed by atoms with van der Waals surface area (Å²) in [5.41, 5.74) is 2.78. The number of piperidine rings is 1. The molecule has 0 aliphatic carbocycles. The minimum Gasteiger partial charge on any atom is -0.508 e. The van der Waals surface area contributed by atoms with Crippen molar-refractivity contribution in [1.82, 2.24) is 15.3 Å². The minimum absolute atomic E-state index is 0.0337. The van der Waals surface area contributed by atoms with Crippen LogP contribution in [-0.2, 0) is 0 Å². The Morgan fingerprint density at radius 1 is 1.25 bits per heavy atom. The van der Waals surface area contributed by atoms with E-state index in [1.807, 2.05) is 24.3 Å². The number of hydrogen-bond donors (Lipinski definition) is 2. The highest BCUT2D eigenvalue weighted by atomic mass is 35.5. The van der Waals surface area contributed by atoms with Crippen LogP contribution in [0.1, 0.15) is 18.9 Å². The molecule has 0 spiro atoms. The first kappa shape index (κ1) is 21.5. The molecule has 1 aromatic heterocycles. The molecule has 0 radical (unpaired) electrons. The highest BCUT2D eigenvalue weighted by Gasteiger charge is 2.53. The van der Waals surface area contributed by atoms with Crippen molar-refractivity contribution in [1.29, 1.82) is 0 Å². The van der Waals surface area contributed by atoms with Crippen LogP contribution in [0.2, 0.25) is 5.02 Å². The van der Waals surface area contributed by atoms with Crippen LogP contribution in [0.25, 0.3) is 32.8 Å². The van der Waals surface area contributed by atoms with Crippen molar-refractivity contribution in [3.8, 4) is 41.0 Å². The number of phenols is 1. The zero-order chi connectivity index (χ0) is 24.8. The lowest BCUT2D eigenvalue weighted by molar-refractivity contribution is 0.0711. The van der Waals surface area contributed by atoms with Gasteiger partial charge in [-0.1, -0.05) is 29.7 Å². The number of methoxy groups -OCH3 is 1. The van der Waals surface area contributed by atoms with Crippen molar-refractivity contribution in [2.45, 2.75) is 31.0 Å². The number of nitrogens with zero attached hydrogens (tertiary/aromatic N) is 3. The van der Waals surface area contributed by atoms with Gasteiger partial charge in [-0.25, -0.2) is 0 Å². The standard InChI is InChI=1S/C28H23ClN4O3/c1-4-14-6-5-7-15-8-16(34)9-17(22(14)15)18-10-19-23-25(24(18)29)36-12-21-20-11-28(2,32-20)13-33(21)26(23)31-27(30-19)35-3/h1,5-10,20-21,32,34H,11-13H2,2-3H3. The molecule has 4 aromatic rings. The first-order valence-corrected chi connectivity index (χ1v) is 12.2. The second kappa shape index (κ2) is 7.39. The fourth-order valence-corrected chi connectivity index (χ4v) is 6.45. The number of benzene rings is 3. The largest absolute Gasteiger partial charge is 0.508 e. The quantitative estimate of drug-likeness (QED) is 0.394. The summed E-state index contributed by atoms with van der Waals surface area (Å²) in [5.74, 6) is 4.19. The van der Waals surface area contributed by atoms with Crippen LogP contribution in [0.4, 0.5) is 5.82 Å². The Morgan fingerprint density at radius 2 is 2.08 bits per heavy atom. The van der Waals surface area contributed by atoms with Gasteiger partial charge in [-0.3, -0.25) is 0 Å². The Labute approximate surface area is 213 Å². The summed E-state index contributed by atoms with van der Waals surface area (Å²) in [6.45, 7) is 3.49. The molecule has 2 bridgehead atoms. The van der Waals surface area contributed by atoms with Gasteiger partial charge >= 0.3 is 6.01 Å². The third-order valence-corrected chi connectivity index (χ3v) is 8.07. The Morgan fingerprint density at radius 3 is 2.86 bits per heavy atom. The van der Waals surface area contributed by atoms with Crippen LogP contribution in [-0.4, -0.2) is 53.0 Å². The summed E-state index contributed by atoms with van der Waals surface area (Å²) in [4.78, 5) is 11.8. The van der Waals surface area contributed by atoms with Crippen LogP contribution in [0, 0.1) is 12.3 Å². The van der Waals surface area contributed by atoms with Crippen LogP contribution in [0.3, 0.4) is 0 Å². The van der Waals surface area contributed by atoms with Crippen molar-refractivity contribution in [2.24, 2.45) is 0 Å². The van der Waals surface area contributed by atoms with E-state index >= 15 is 0 Å². The third kappa shape index (κ3) is 2.92. The van der Waals surface area contributed by atoms with E-state index in [0.717, 1.165) is 34.9 Å². The molecule has 0 amide bonds. The topological polar surface area (TPSA) is 79.7 Å². The van der Waals surface area contributed by atoms with Crippen molar-refractivity contribution < 1.29 is 14.6 Å². The predicted molar refractivity (Wildman–Crippen MR) is 140 cm³/mol. The number of fused-ring (bicyclic) bond motifs is 1. The molecule has 36 heavy (non-hydrogen) atoms. The number of phenolic OH excluding ortho intramolecular Hbond substituents is 1. The van der Waals surface area contributed by atoms with Crippen molar-refractivity contribution in [3.05, 3.63) is 47.0 Å². The van der Waals surface area contributed by atoms with E-state index < -0.39 is 0 Å². The highest BCUT2D eigenvalue weighted by Crippen LogP contribution is 2.50. The van der Waals surface area contributed by atoms with Gasteiger partial charge in [0.25, 0.3) is 0 Å². The van der Waals surface area contributed by atoms with Crippen LogP contribution >= 0.6 is 11.6 Å². The van der Waals surface area contributed by atoms with Gasteiger partial charge in [0.15, 0.2) is 5.75 Å². The molecule has 4 aliphatic heterocycles. The molecule has 3 fully saturated rings. The zero-order valence-electron chi connectivity index (χ0n) is 19.8. The van der Waals surface area contributed by atoms with E-state index in [1.165, 1.54) is 0 Å². The summed E-state index contributed by atoms with van der Waals surface area (Å²) in [7, 11) is 1.56. The Kier molecular flexibility index (Phi) is 4.42. The smallest absolute Gasteiger partial charge is 0.318 e. The van der Waals surface area contributed by atoms with E-state index in [-0.39, 0.29) is 23.3 Å². The third-order valence-electron chi connectivity index (χ3n) is 7.69. The van der Waals surface area contributed by atoms with Gasteiger partial charge in [0.2, 0.25) is 0 Å². The Hall–Kier alpha value is -3.73. The number of ether oxygens (including phenoxy) is 2. The summed E-state index contributed by atoms with van der Waals surface area (Å²) >= 11 is 7.12. The lowest BCUT2D eigenvalue weighted by Crippen LogP contribution is -2.79. The number of nitrogens with one attached hydrogen (secondary N) is 1. The average molecular weight is 499 g/mol. The molecule has 7 nitrogen and oxygen atoms in total. The Balaban J connectivity index is 1.54. The van der Waals surface area contributed by atoms with Crippen LogP contribution in [0.15, 0.2) is 36.4 Å². The second-order valence-electron chi connectivity index (χ2n) is 10.1. The van der Waals surface area contributed by atoms with Crippen LogP contribution < -0.4 is 19.7 Å². The molecule has 4 aliphatic rings. The van der Waals surface area contributed by atoms with Gasteiger partial charge in [0, 0.05) is 34.6 Å². The first-order chi connectivity index (χ1) is 17.4. The van der Waals surface area contributed by atoms with Crippen LogP contribution in [0.5, 0.6) is 17.5 Å². The SMILES string of the molecule is C#Cc1cccc2cc(O)cc(-c3cc4nc(OC)nc5c4c(c3Cl)OCC3C4CC(C)(CN53)N4)c12. The number of aromatic hydroxyl groups is 1. The number of anilines is 1. The van der Waals surface area contributed by atoms with E-state index in [2.05, 4.69) is 28.0 Å². The molecule has 2 N–H and O–H groups in total. The molecular weight excluding hydrogens is 476 g/mol. The normalized spacial score (nSPS) is 23.9. The lowest BCUT2D eigenvalue weighted by atomic mass is 9.74. The molecule has 180 valence electrons. The van der Waals surface area contributed by atoms with Crippen molar-refractivity contribution in [3.63, 3.8) is 0 Å². The summed E-state index contributed by atoms with van der Waals surface area (Å²) < 4.78 is 12.0. The fourth-order valence-electron chi connectivity index (χ4n) is 6.15. The summed E-state index contributed by atoms with van der Waals surface area (Å²) in [6.07, 6.45) is 6.93. The lowest BCUT2D eigenvalue weighted by Gasteiger charge is -2.59. The monoisotopic (exact) mass is 498 g/mol. The van der Waals surface area contributed by atoms with E-state index in [0.29, 0.717) is 45.6 Å². The van der Waals surface area contributed by atoms with Gasteiger partial charge in [-0.15, -0.1) is 6.42 Å². The maximum atomic E-state index is 10.6. The van der Waals surface area contributed by atoms with Gasteiger partial charge in [0.1, 0.15) is 18.2 Å². The van der Waals surface area contributed by atoms with Crippen molar-refractivity contribution >= 4 is 39.1 Å². The van der Waals surface area contributed by atoms with Gasteiger partial charge < -0.3 is 24.8 Å². The highest BCUT2D eigenvalue weighted by molar-refractivity contribution is 6.37. The molecule has 3 atom stereocenters.